The number of fused-ring (bicyclic) bond motifs is 1. The molecule has 2 nitrogen and oxygen atoms in total. The Morgan fingerprint density at radius 3 is 2.85 bits per heavy atom. The third kappa shape index (κ3) is 2.28. The van der Waals surface area contributed by atoms with Gasteiger partial charge < -0.3 is 5.32 Å². The molecule has 2 atom stereocenters. The van der Waals surface area contributed by atoms with E-state index >= 15 is 0 Å². The number of aromatic nitrogens is 1. The first kappa shape index (κ1) is 14.1. The van der Waals surface area contributed by atoms with Crippen molar-refractivity contribution in [2.24, 2.45) is 5.41 Å². The van der Waals surface area contributed by atoms with E-state index in [4.69, 9.17) is 4.98 Å². The van der Waals surface area contributed by atoms with Crippen LogP contribution in [0, 0.1) is 5.41 Å². The van der Waals surface area contributed by atoms with Crippen LogP contribution in [0.4, 0.5) is 0 Å². The van der Waals surface area contributed by atoms with Crippen LogP contribution in [0.5, 0.6) is 0 Å². The van der Waals surface area contributed by atoms with Gasteiger partial charge in [-0.25, -0.2) is 0 Å². The first-order valence-electron chi connectivity index (χ1n) is 8.48. The van der Waals surface area contributed by atoms with Gasteiger partial charge in [0, 0.05) is 23.9 Å². The molecule has 3 rings (SSSR count). The lowest BCUT2D eigenvalue weighted by molar-refractivity contribution is 0.160. The number of likely N-dealkylation sites (N-methyl/N-ethyl adjacent to an activating group) is 1. The Morgan fingerprint density at radius 1 is 1.35 bits per heavy atom. The summed E-state index contributed by atoms with van der Waals surface area (Å²) in [7, 11) is 0. The van der Waals surface area contributed by atoms with E-state index in [0.717, 1.165) is 6.54 Å². The molecule has 0 amide bonds. The number of rotatable bonds is 5. The summed E-state index contributed by atoms with van der Waals surface area (Å²) in [6.45, 7) is 5.72. The minimum atomic E-state index is 0.514. The predicted molar refractivity (Wildman–Crippen MR) is 84.0 cm³/mol. The van der Waals surface area contributed by atoms with Gasteiger partial charge in [-0.05, 0) is 55.7 Å². The van der Waals surface area contributed by atoms with Crippen molar-refractivity contribution in [2.45, 2.75) is 70.8 Å². The van der Waals surface area contributed by atoms with Crippen LogP contribution in [0.3, 0.4) is 0 Å². The molecule has 0 aromatic carbocycles. The Morgan fingerprint density at radius 2 is 2.15 bits per heavy atom. The Labute approximate surface area is 123 Å². The summed E-state index contributed by atoms with van der Waals surface area (Å²) < 4.78 is 0. The highest BCUT2D eigenvalue weighted by atomic mass is 14.9. The highest BCUT2D eigenvalue weighted by Gasteiger charge is 2.45. The molecule has 20 heavy (non-hydrogen) atoms. The molecule has 0 spiro atoms. The van der Waals surface area contributed by atoms with Crippen molar-refractivity contribution in [3.63, 3.8) is 0 Å². The Bertz CT molecular complexity index is 448. The van der Waals surface area contributed by atoms with Gasteiger partial charge in [-0.3, -0.25) is 4.98 Å². The van der Waals surface area contributed by atoms with Crippen LogP contribution in [-0.4, -0.2) is 17.6 Å². The van der Waals surface area contributed by atoms with Gasteiger partial charge in [0.15, 0.2) is 0 Å². The normalized spacial score (nSPS) is 25.6. The molecule has 1 fully saturated rings. The van der Waals surface area contributed by atoms with Crippen molar-refractivity contribution in [1.29, 1.82) is 0 Å². The maximum atomic E-state index is 4.74. The van der Waals surface area contributed by atoms with Gasteiger partial charge in [0.05, 0.1) is 0 Å². The summed E-state index contributed by atoms with van der Waals surface area (Å²) in [6, 6.07) is 4.99. The number of nitrogens with zero attached hydrogens (tertiary/aromatic N) is 1. The zero-order valence-corrected chi connectivity index (χ0v) is 13.0. The summed E-state index contributed by atoms with van der Waals surface area (Å²) in [4.78, 5) is 4.74. The van der Waals surface area contributed by atoms with E-state index in [1.807, 2.05) is 6.20 Å². The summed E-state index contributed by atoms with van der Waals surface area (Å²) in [5.41, 5.74) is 3.39. The van der Waals surface area contributed by atoms with Gasteiger partial charge in [-0.1, -0.05) is 32.8 Å². The fourth-order valence-corrected chi connectivity index (χ4v) is 4.74. The molecule has 2 aliphatic rings. The van der Waals surface area contributed by atoms with Crippen LogP contribution in [-0.2, 0) is 6.42 Å². The second kappa shape index (κ2) is 5.85. The highest BCUT2D eigenvalue weighted by Crippen LogP contribution is 2.50. The first-order chi connectivity index (χ1) is 9.80. The lowest BCUT2D eigenvalue weighted by Crippen LogP contribution is -2.47. The minimum Gasteiger partial charge on any atom is -0.313 e. The molecule has 2 heteroatoms. The van der Waals surface area contributed by atoms with E-state index in [1.54, 1.807) is 0 Å². The van der Waals surface area contributed by atoms with E-state index in [1.165, 1.54) is 56.2 Å². The molecule has 1 saturated carbocycles. The third-order valence-corrected chi connectivity index (χ3v) is 5.79. The maximum Gasteiger partial charge on any atom is 0.0482 e. The summed E-state index contributed by atoms with van der Waals surface area (Å²) in [6.07, 6.45) is 11.4. The number of pyridine rings is 1. The summed E-state index contributed by atoms with van der Waals surface area (Å²) in [5, 5.41) is 3.86. The molecule has 110 valence electrons. The zero-order valence-electron chi connectivity index (χ0n) is 13.0. The van der Waals surface area contributed by atoms with Gasteiger partial charge in [0.25, 0.3) is 0 Å². The van der Waals surface area contributed by atoms with Crippen molar-refractivity contribution < 1.29 is 0 Å². The second-order valence-electron chi connectivity index (χ2n) is 6.65. The van der Waals surface area contributed by atoms with E-state index < -0.39 is 0 Å². The fourth-order valence-electron chi connectivity index (χ4n) is 4.74. The van der Waals surface area contributed by atoms with Gasteiger partial charge >= 0.3 is 0 Å². The predicted octanol–water partition coefficient (Wildman–Crippen LogP) is 4.06. The SMILES string of the molecule is CCNC(C1CCc2cccnc21)C1(CC)CCCC1. The van der Waals surface area contributed by atoms with E-state index in [0.29, 0.717) is 17.4 Å². The lowest BCUT2D eigenvalue weighted by Gasteiger charge is -2.41. The molecule has 0 bridgehead atoms. The lowest BCUT2D eigenvalue weighted by atomic mass is 9.70. The number of nitrogens with one attached hydrogen (secondary N) is 1. The molecule has 2 unspecified atom stereocenters. The summed E-state index contributed by atoms with van der Waals surface area (Å²) >= 11 is 0. The molecule has 1 aromatic heterocycles. The Hall–Kier alpha value is -0.890. The highest BCUT2D eigenvalue weighted by molar-refractivity contribution is 5.31. The zero-order chi connectivity index (χ0) is 14.0. The first-order valence-corrected chi connectivity index (χ1v) is 8.48. The molecule has 0 radical (unpaired) electrons. The molecular formula is C18H28N2. The molecule has 1 N–H and O–H groups in total. The Balaban J connectivity index is 1.92. The number of aryl methyl sites for hydroxylation is 1. The average molecular weight is 272 g/mol. The monoisotopic (exact) mass is 272 g/mol. The average Bonchev–Trinajstić information content (AvgIpc) is 3.13. The molecule has 2 aliphatic carbocycles. The standard InChI is InChI=1S/C18H28N2/c1-3-18(11-5-6-12-18)17(19-4-2)15-10-9-14-8-7-13-20-16(14)15/h7-8,13,15,17,19H,3-6,9-12H2,1-2H3. The van der Waals surface area contributed by atoms with E-state index in [-0.39, 0.29) is 0 Å². The van der Waals surface area contributed by atoms with Crippen molar-refractivity contribution >= 4 is 0 Å². The van der Waals surface area contributed by atoms with E-state index in [2.05, 4.69) is 31.3 Å². The van der Waals surface area contributed by atoms with Gasteiger partial charge in [-0.15, -0.1) is 0 Å². The van der Waals surface area contributed by atoms with Crippen molar-refractivity contribution in [3.05, 3.63) is 29.6 Å². The van der Waals surface area contributed by atoms with Gasteiger partial charge in [-0.2, -0.15) is 0 Å². The Kier molecular flexibility index (Phi) is 4.11. The molecule has 0 aliphatic heterocycles. The van der Waals surface area contributed by atoms with Crippen LogP contribution in [0.2, 0.25) is 0 Å². The molecular weight excluding hydrogens is 244 g/mol. The second-order valence-corrected chi connectivity index (χ2v) is 6.65. The topological polar surface area (TPSA) is 24.9 Å². The maximum absolute atomic E-state index is 4.74. The van der Waals surface area contributed by atoms with Crippen molar-refractivity contribution in [1.82, 2.24) is 10.3 Å². The van der Waals surface area contributed by atoms with Crippen molar-refractivity contribution in [3.8, 4) is 0 Å². The summed E-state index contributed by atoms with van der Waals surface area (Å²) in [5.74, 6) is 0.629. The van der Waals surface area contributed by atoms with Gasteiger partial charge in [0.1, 0.15) is 0 Å². The minimum absolute atomic E-state index is 0.514. The number of hydrogen-bond donors (Lipinski definition) is 1. The molecule has 1 heterocycles. The van der Waals surface area contributed by atoms with Gasteiger partial charge in [0.2, 0.25) is 0 Å². The number of hydrogen-bond acceptors (Lipinski definition) is 2. The molecule has 0 saturated heterocycles. The van der Waals surface area contributed by atoms with Crippen LogP contribution in [0.25, 0.3) is 0 Å². The smallest absolute Gasteiger partial charge is 0.0482 e. The molecule has 1 aromatic rings. The van der Waals surface area contributed by atoms with Crippen LogP contribution in [0.15, 0.2) is 18.3 Å². The van der Waals surface area contributed by atoms with Crippen LogP contribution < -0.4 is 5.32 Å². The van der Waals surface area contributed by atoms with Crippen LogP contribution in [0.1, 0.15) is 69.5 Å². The fraction of sp³-hybridized carbons (Fsp3) is 0.722. The largest absolute Gasteiger partial charge is 0.313 e. The van der Waals surface area contributed by atoms with E-state index in [9.17, 15) is 0 Å². The quantitative estimate of drug-likeness (QED) is 0.874. The van der Waals surface area contributed by atoms with Crippen molar-refractivity contribution in [2.75, 3.05) is 6.54 Å². The third-order valence-electron chi connectivity index (χ3n) is 5.79. The van der Waals surface area contributed by atoms with Crippen LogP contribution >= 0.6 is 0 Å².